The molecule has 0 aromatic heterocycles. The Morgan fingerprint density at radius 2 is 1.57 bits per heavy atom. The van der Waals surface area contributed by atoms with Crippen LogP contribution in [0.3, 0.4) is 0 Å². The maximum atomic E-state index is 13.4. The Kier molecular flexibility index (Phi) is 5.17. The first-order chi connectivity index (χ1) is 13.0. The van der Waals surface area contributed by atoms with Crippen molar-refractivity contribution in [1.29, 1.82) is 0 Å². The van der Waals surface area contributed by atoms with Gasteiger partial charge in [0.15, 0.2) is 0 Å². The first kappa shape index (κ1) is 20.6. The second-order valence-corrected chi connectivity index (χ2v) is 10.6. The summed E-state index contributed by atoms with van der Waals surface area (Å²) < 4.78 is 31.9. The van der Waals surface area contributed by atoms with Crippen LogP contribution in [0.15, 0.2) is 52.3 Å². The zero-order chi connectivity index (χ0) is 20.7. The van der Waals surface area contributed by atoms with Crippen molar-refractivity contribution in [3.63, 3.8) is 0 Å². The number of hydrogen-bond acceptors (Lipinski definition) is 4. The fourth-order valence-corrected chi connectivity index (χ4v) is 5.41. The summed E-state index contributed by atoms with van der Waals surface area (Å²) in [7, 11) is -3.85. The van der Waals surface area contributed by atoms with Gasteiger partial charge in [-0.1, -0.05) is 45.9 Å². The van der Waals surface area contributed by atoms with Crippen LogP contribution in [0.2, 0.25) is 0 Å². The maximum absolute atomic E-state index is 13.4. The van der Waals surface area contributed by atoms with Crippen molar-refractivity contribution in [2.75, 3.05) is 6.61 Å². The lowest BCUT2D eigenvalue weighted by atomic mass is 9.63. The van der Waals surface area contributed by atoms with Crippen LogP contribution in [0.4, 0.5) is 0 Å². The minimum Gasteiger partial charge on any atom is -0.462 e. The molecular weight excluding hydrogens is 372 g/mol. The summed E-state index contributed by atoms with van der Waals surface area (Å²) in [5.41, 5.74) is 2.24. The first-order valence-corrected chi connectivity index (χ1v) is 11.2. The van der Waals surface area contributed by atoms with Crippen LogP contribution in [0.5, 0.6) is 0 Å². The van der Waals surface area contributed by atoms with Crippen LogP contribution >= 0.6 is 0 Å². The molecule has 0 saturated carbocycles. The summed E-state index contributed by atoms with van der Waals surface area (Å²) in [6, 6.07) is 11.6. The number of fused-ring (bicyclic) bond motifs is 1. The van der Waals surface area contributed by atoms with Gasteiger partial charge in [-0.15, -0.1) is 0 Å². The van der Waals surface area contributed by atoms with Crippen molar-refractivity contribution in [3.05, 3.63) is 59.2 Å². The molecule has 4 nitrogen and oxygen atoms in total. The Bertz CT molecular complexity index is 1020. The predicted molar refractivity (Wildman–Crippen MR) is 110 cm³/mol. The Balaban J connectivity index is 2.17. The SMILES string of the molecule is CCOC(=O)c1ccccc1S(=O)(=O)c1ccc2c(c1)C(C)(C)CCC2(C)C. The molecule has 0 heterocycles. The lowest BCUT2D eigenvalue weighted by molar-refractivity contribution is 0.0522. The van der Waals surface area contributed by atoms with Crippen LogP contribution < -0.4 is 0 Å². The molecule has 0 unspecified atom stereocenters. The summed E-state index contributed by atoms with van der Waals surface area (Å²) in [5, 5.41) is 0. The van der Waals surface area contributed by atoms with Crippen molar-refractivity contribution in [2.45, 2.75) is 68.1 Å². The van der Waals surface area contributed by atoms with Gasteiger partial charge in [0.2, 0.25) is 9.84 Å². The number of carbonyl (C=O) groups is 1. The predicted octanol–water partition coefficient (Wildman–Crippen LogP) is 5.05. The molecule has 0 spiro atoms. The highest BCUT2D eigenvalue weighted by atomic mass is 32.2. The van der Waals surface area contributed by atoms with Gasteiger partial charge < -0.3 is 4.74 Å². The standard InChI is InChI=1S/C23H28O4S/c1-6-27-21(24)17-9-7-8-10-20(17)28(25,26)16-11-12-18-19(15-16)23(4,5)14-13-22(18,2)3/h7-12,15H,6,13-14H2,1-5H3. The van der Waals surface area contributed by atoms with Crippen LogP contribution in [0, 0.1) is 0 Å². The second-order valence-electron chi connectivity index (χ2n) is 8.70. The lowest BCUT2D eigenvalue weighted by Crippen LogP contribution is -2.34. The average Bonchev–Trinajstić information content (AvgIpc) is 2.65. The van der Waals surface area contributed by atoms with Gasteiger partial charge in [-0.25, -0.2) is 13.2 Å². The van der Waals surface area contributed by atoms with Gasteiger partial charge in [0.1, 0.15) is 0 Å². The van der Waals surface area contributed by atoms with E-state index in [1.165, 1.54) is 17.7 Å². The average molecular weight is 401 g/mol. The Hall–Kier alpha value is -2.14. The molecule has 0 fully saturated rings. The Labute approximate surface area is 167 Å². The summed E-state index contributed by atoms with van der Waals surface area (Å²) >= 11 is 0. The maximum Gasteiger partial charge on any atom is 0.339 e. The molecular formula is C23H28O4S. The molecule has 2 aromatic carbocycles. The monoisotopic (exact) mass is 400 g/mol. The van der Waals surface area contributed by atoms with Gasteiger partial charge in [-0.05, 0) is 66.0 Å². The van der Waals surface area contributed by atoms with Crippen LogP contribution in [0.1, 0.15) is 68.9 Å². The summed E-state index contributed by atoms with van der Waals surface area (Å²) in [6.07, 6.45) is 2.06. The molecule has 5 heteroatoms. The molecule has 0 aliphatic heterocycles. The molecule has 0 saturated heterocycles. The normalized spacial score (nSPS) is 17.6. The van der Waals surface area contributed by atoms with Crippen molar-refractivity contribution >= 4 is 15.8 Å². The minimum absolute atomic E-state index is 0.00991. The van der Waals surface area contributed by atoms with Gasteiger partial charge in [0.25, 0.3) is 0 Å². The lowest BCUT2D eigenvalue weighted by Gasteiger charge is -2.42. The molecule has 0 atom stereocenters. The van der Waals surface area contributed by atoms with E-state index in [0.717, 1.165) is 18.4 Å². The fraction of sp³-hybridized carbons (Fsp3) is 0.435. The molecule has 150 valence electrons. The fourth-order valence-electron chi connectivity index (χ4n) is 3.94. The van der Waals surface area contributed by atoms with Crippen molar-refractivity contribution in [1.82, 2.24) is 0 Å². The third-order valence-electron chi connectivity index (χ3n) is 5.81. The molecule has 0 radical (unpaired) electrons. The van der Waals surface area contributed by atoms with E-state index in [4.69, 9.17) is 4.74 Å². The van der Waals surface area contributed by atoms with Crippen molar-refractivity contribution in [3.8, 4) is 0 Å². The van der Waals surface area contributed by atoms with E-state index in [2.05, 4.69) is 27.7 Å². The van der Waals surface area contributed by atoms with Crippen LogP contribution in [0.25, 0.3) is 0 Å². The van der Waals surface area contributed by atoms with Crippen LogP contribution in [-0.4, -0.2) is 21.0 Å². The largest absolute Gasteiger partial charge is 0.462 e. The van der Waals surface area contributed by atoms with Gasteiger partial charge in [0, 0.05) is 0 Å². The van der Waals surface area contributed by atoms with Crippen molar-refractivity contribution < 1.29 is 17.9 Å². The number of rotatable bonds is 4. The van der Waals surface area contributed by atoms with E-state index in [1.807, 2.05) is 6.07 Å². The second kappa shape index (κ2) is 7.03. The van der Waals surface area contributed by atoms with E-state index in [0.29, 0.717) is 0 Å². The van der Waals surface area contributed by atoms with E-state index in [-0.39, 0.29) is 32.8 Å². The number of esters is 1. The van der Waals surface area contributed by atoms with Gasteiger partial charge in [-0.3, -0.25) is 0 Å². The molecule has 28 heavy (non-hydrogen) atoms. The quantitative estimate of drug-likeness (QED) is 0.674. The number of benzene rings is 2. The number of carbonyl (C=O) groups excluding carboxylic acids is 1. The number of ether oxygens (including phenoxy) is 1. The highest BCUT2D eigenvalue weighted by Gasteiger charge is 2.38. The Morgan fingerprint density at radius 3 is 2.21 bits per heavy atom. The molecule has 1 aliphatic rings. The molecule has 3 rings (SSSR count). The van der Waals surface area contributed by atoms with Crippen molar-refractivity contribution in [2.24, 2.45) is 0 Å². The third kappa shape index (κ3) is 3.48. The van der Waals surface area contributed by atoms with E-state index in [1.54, 1.807) is 31.2 Å². The van der Waals surface area contributed by atoms with Crippen LogP contribution in [-0.2, 0) is 25.4 Å². The Morgan fingerprint density at radius 1 is 0.964 bits per heavy atom. The smallest absolute Gasteiger partial charge is 0.339 e. The third-order valence-corrected chi connectivity index (χ3v) is 7.62. The summed E-state index contributed by atoms with van der Waals surface area (Å²) in [4.78, 5) is 12.5. The highest BCUT2D eigenvalue weighted by Crippen LogP contribution is 2.46. The molecule has 0 N–H and O–H groups in total. The zero-order valence-corrected chi connectivity index (χ0v) is 18.0. The van der Waals surface area contributed by atoms with E-state index < -0.39 is 15.8 Å². The molecule has 2 aromatic rings. The molecule has 1 aliphatic carbocycles. The first-order valence-electron chi connectivity index (χ1n) is 9.67. The number of sulfone groups is 1. The minimum atomic E-state index is -3.85. The molecule has 0 bridgehead atoms. The highest BCUT2D eigenvalue weighted by molar-refractivity contribution is 7.91. The van der Waals surface area contributed by atoms with Gasteiger partial charge >= 0.3 is 5.97 Å². The van der Waals surface area contributed by atoms with E-state index in [9.17, 15) is 13.2 Å². The van der Waals surface area contributed by atoms with Gasteiger partial charge in [-0.2, -0.15) is 0 Å². The topological polar surface area (TPSA) is 60.4 Å². The number of hydrogen-bond donors (Lipinski definition) is 0. The zero-order valence-electron chi connectivity index (χ0n) is 17.2. The summed E-state index contributed by atoms with van der Waals surface area (Å²) in [6.45, 7) is 10.6. The molecule has 0 amide bonds. The van der Waals surface area contributed by atoms with Gasteiger partial charge in [0.05, 0.1) is 22.0 Å². The van der Waals surface area contributed by atoms with E-state index >= 15 is 0 Å². The summed E-state index contributed by atoms with van der Waals surface area (Å²) in [5.74, 6) is -0.624.